The highest BCUT2D eigenvalue weighted by atomic mass is 16.3. The first-order chi connectivity index (χ1) is 9.92. The topological polar surface area (TPSA) is 54.3 Å². The van der Waals surface area contributed by atoms with Crippen molar-refractivity contribution in [2.45, 2.75) is 33.7 Å². The highest BCUT2D eigenvalue weighted by molar-refractivity contribution is 5.94. The number of rotatable bonds is 4. The number of aryl methyl sites for hydroxylation is 3. The zero-order chi connectivity index (χ0) is 15.6. The van der Waals surface area contributed by atoms with Crippen molar-refractivity contribution in [2.75, 3.05) is 12.4 Å². The van der Waals surface area contributed by atoms with Gasteiger partial charge in [-0.3, -0.25) is 4.79 Å². The summed E-state index contributed by atoms with van der Waals surface area (Å²) in [6, 6.07) is 7.86. The minimum Gasteiger partial charge on any atom is -0.466 e. The molecule has 0 spiro atoms. The first kappa shape index (κ1) is 15.2. The molecule has 0 aliphatic heterocycles. The predicted octanol–water partition coefficient (Wildman–Crippen LogP) is 3.74. The van der Waals surface area contributed by atoms with Gasteiger partial charge in [0.2, 0.25) is 0 Å². The Morgan fingerprint density at radius 2 is 1.90 bits per heavy atom. The van der Waals surface area contributed by atoms with Crippen molar-refractivity contribution in [1.29, 1.82) is 0 Å². The highest BCUT2D eigenvalue weighted by Crippen LogP contribution is 2.26. The molecule has 0 aliphatic rings. The Labute approximate surface area is 125 Å². The zero-order valence-electron chi connectivity index (χ0n) is 13.2. The summed E-state index contributed by atoms with van der Waals surface area (Å²) in [5, 5.41) is 6.11. The molecular formula is C17H22N2O2. The third-order valence-corrected chi connectivity index (χ3v) is 3.63. The average Bonchev–Trinajstić information content (AvgIpc) is 2.79. The molecule has 0 saturated carbocycles. The Kier molecular flexibility index (Phi) is 4.36. The van der Waals surface area contributed by atoms with E-state index in [1.54, 1.807) is 7.05 Å². The molecule has 1 atom stereocenters. The fourth-order valence-electron chi connectivity index (χ4n) is 2.50. The van der Waals surface area contributed by atoms with Crippen molar-refractivity contribution in [3.8, 4) is 0 Å². The van der Waals surface area contributed by atoms with Gasteiger partial charge < -0.3 is 15.1 Å². The second-order valence-electron chi connectivity index (χ2n) is 5.34. The maximum atomic E-state index is 11.6. The minimum atomic E-state index is -0.0704. The van der Waals surface area contributed by atoms with Crippen LogP contribution in [0.25, 0.3) is 0 Å². The van der Waals surface area contributed by atoms with E-state index in [0.717, 1.165) is 28.3 Å². The van der Waals surface area contributed by atoms with Crippen molar-refractivity contribution in [2.24, 2.45) is 0 Å². The van der Waals surface area contributed by atoms with Crippen LogP contribution in [0.2, 0.25) is 0 Å². The van der Waals surface area contributed by atoms with Crippen LogP contribution in [0.3, 0.4) is 0 Å². The van der Waals surface area contributed by atoms with Gasteiger partial charge in [0.15, 0.2) is 0 Å². The summed E-state index contributed by atoms with van der Waals surface area (Å²) in [5.74, 6) is 1.79. The highest BCUT2D eigenvalue weighted by Gasteiger charge is 2.14. The van der Waals surface area contributed by atoms with Crippen molar-refractivity contribution in [1.82, 2.24) is 5.32 Å². The number of nitrogens with one attached hydrogen (secondary N) is 2. The van der Waals surface area contributed by atoms with Crippen molar-refractivity contribution in [3.05, 3.63) is 52.5 Å². The summed E-state index contributed by atoms with van der Waals surface area (Å²) in [6.07, 6.45) is 0. The number of furan rings is 1. The summed E-state index contributed by atoms with van der Waals surface area (Å²) in [5.41, 5.74) is 3.89. The second-order valence-corrected chi connectivity index (χ2v) is 5.34. The SMILES string of the molecule is CNC(=O)c1ccc(NC(C)c2cc(C)oc2C)c(C)c1. The van der Waals surface area contributed by atoms with Gasteiger partial charge in [-0.15, -0.1) is 0 Å². The first-order valence-electron chi connectivity index (χ1n) is 7.08. The molecule has 0 saturated heterocycles. The molecule has 2 N–H and O–H groups in total. The standard InChI is InChI=1S/C17H22N2O2/c1-10-8-14(17(20)18-5)6-7-16(10)19-12(3)15-9-11(2)21-13(15)4/h6-9,12,19H,1-5H3,(H,18,20). The molecule has 0 radical (unpaired) electrons. The Hall–Kier alpha value is -2.23. The Bertz CT molecular complexity index is 659. The van der Waals surface area contributed by atoms with E-state index < -0.39 is 0 Å². The molecule has 2 rings (SSSR count). The van der Waals surface area contributed by atoms with Crippen LogP contribution in [-0.2, 0) is 0 Å². The Morgan fingerprint density at radius 1 is 1.19 bits per heavy atom. The number of hydrogen-bond donors (Lipinski definition) is 2. The van der Waals surface area contributed by atoms with Crippen molar-refractivity contribution >= 4 is 11.6 Å². The molecule has 0 aliphatic carbocycles. The van der Waals surface area contributed by atoms with E-state index in [-0.39, 0.29) is 11.9 Å². The fourth-order valence-corrected chi connectivity index (χ4v) is 2.50. The molecule has 0 bridgehead atoms. The molecule has 112 valence electrons. The van der Waals surface area contributed by atoms with Crippen LogP contribution in [0.5, 0.6) is 0 Å². The lowest BCUT2D eigenvalue weighted by Gasteiger charge is -2.17. The predicted molar refractivity (Wildman–Crippen MR) is 84.8 cm³/mol. The summed E-state index contributed by atoms with van der Waals surface area (Å²) in [6.45, 7) is 8.02. The molecule has 1 aromatic carbocycles. The Morgan fingerprint density at radius 3 is 2.43 bits per heavy atom. The lowest BCUT2D eigenvalue weighted by Crippen LogP contribution is -2.18. The van der Waals surface area contributed by atoms with Crippen molar-refractivity contribution in [3.63, 3.8) is 0 Å². The van der Waals surface area contributed by atoms with Gasteiger partial charge in [0.1, 0.15) is 11.5 Å². The van der Waals surface area contributed by atoms with Crippen LogP contribution in [0.4, 0.5) is 5.69 Å². The Balaban J connectivity index is 2.20. The third-order valence-electron chi connectivity index (χ3n) is 3.63. The number of anilines is 1. The van der Waals surface area contributed by atoms with Gasteiger partial charge >= 0.3 is 0 Å². The minimum absolute atomic E-state index is 0.0704. The summed E-state index contributed by atoms with van der Waals surface area (Å²) in [7, 11) is 1.63. The number of carbonyl (C=O) groups is 1. The van der Waals surface area contributed by atoms with Crippen LogP contribution >= 0.6 is 0 Å². The fraction of sp³-hybridized carbons (Fsp3) is 0.353. The normalized spacial score (nSPS) is 12.0. The summed E-state index contributed by atoms with van der Waals surface area (Å²) >= 11 is 0. The number of benzene rings is 1. The first-order valence-corrected chi connectivity index (χ1v) is 7.08. The van der Waals surface area contributed by atoms with E-state index in [4.69, 9.17) is 4.42 Å². The maximum absolute atomic E-state index is 11.6. The van der Waals surface area contributed by atoms with E-state index in [9.17, 15) is 4.79 Å². The summed E-state index contributed by atoms with van der Waals surface area (Å²) in [4.78, 5) is 11.6. The zero-order valence-corrected chi connectivity index (χ0v) is 13.2. The quantitative estimate of drug-likeness (QED) is 0.900. The van der Waals surface area contributed by atoms with Crippen LogP contribution < -0.4 is 10.6 Å². The van der Waals surface area contributed by atoms with E-state index in [1.165, 1.54) is 0 Å². The average molecular weight is 286 g/mol. The molecule has 1 unspecified atom stereocenters. The van der Waals surface area contributed by atoms with Gasteiger partial charge in [0.05, 0.1) is 6.04 Å². The maximum Gasteiger partial charge on any atom is 0.251 e. The van der Waals surface area contributed by atoms with Crippen molar-refractivity contribution < 1.29 is 9.21 Å². The molecule has 4 heteroatoms. The molecule has 2 aromatic rings. The molecular weight excluding hydrogens is 264 g/mol. The number of amides is 1. The van der Waals surface area contributed by atoms with Gasteiger partial charge in [-0.05, 0) is 57.5 Å². The van der Waals surface area contributed by atoms with E-state index in [0.29, 0.717) is 5.56 Å². The van der Waals surface area contributed by atoms with Gasteiger partial charge in [0, 0.05) is 23.9 Å². The van der Waals surface area contributed by atoms with Crippen LogP contribution in [0.1, 0.15) is 46.0 Å². The molecule has 1 aromatic heterocycles. The largest absolute Gasteiger partial charge is 0.466 e. The monoisotopic (exact) mass is 286 g/mol. The number of carbonyl (C=O) groups excluding carboxylic acids is 1. The van der Waals surface area contributed by atoms with Gasteiger partial charge in [0.25, 0.3) is 5.91 Å². The summed E-state index contributed by atoms with van der Waals surface area (Å²) < 4.78 is 5.58. The lowest BCUT2D eigenvalue weighted by molar-refractivity contribution is 0.0963. The van der Waals surface area contributed by atoms with Gasteiger partial charge in [-0.2, -0.15) is 0 Å². The third kappa shape index (κ3) is 3.27. The van der Waals surface area contributed by atoms with Crippen LogP contribution in [0, 0.1) is 20.8 Å². The van der Waals surface area contributed by atoms with Crippen LogP contribution in [0.15, 0.2) is 28.7 Å². The van der Waals surface area contributed by atoms with Gasteiger partial charge in [-0.25, -0.2) is 0 Å². The number of hydrogen-bond acceptors (Lipinski definition) is 3. The van der Waals surface area contributed by atoms with Gasteiger partial charge in [-0.1, -0.05) is 0 Å². The molecule has 21 heavy (non-hydrogen) atoms. The smallest absolute Gasteiger partial charge is 0.251 e. The van der Waals surface area contributed by atoms with Crippen LogP contribution in [-0.4, -0.2) is 13.0 Å². The second kappa shape index (κ2) is 6.04. The van der Waals surface area contributed by atoms with E-state index in [2.05, 4.69) is 23.6 Å². The van der Waals surface area contributed by atoms with E-state index in [1.807, 2.05) is 39.0 Å². The molecule has 1 amide bonds. The molecule has 1 heterocycles. The molecule has 4 nitrogen and oxygen atoms in total. The van der Waals surface area contributed by atoms with E-state index >= 15 is 0 Å². The lowest BCUT2D eigenvalue weighted by atomic mass is 10.1. The molecule has 0 fully saturated rings.